The molecule has 10 nitrogen and oxygen atoms in total. The molecular weight excluding hydrogens is 656 g/mol. The average Bonchev–Trinajstić information content (AvgIpc) is 3.59. The Labute approximate surface area is 296 Å². The largest absolute Gasteiger partial charge is 0.508 e. The number of aromatic hydroxyl groups is 1. The Morgan fingerprint density at radius 2 is 1.68 bits per heavy atom. The van der Waals surface area contributed by atoms with Gasteiger partial charge in [0.25, 0.3) is 11.8 Å². The van der Waals surface area contributed by atoms with Crippen molar-refractivity contribution in [2.24, 2.45) is 0 Å². The molecule has 1 saturated heterocycles. The van der Waals surface area contributed by atoms with E-state index in [4.69, 9.17) is 4.74 Å². The van der Waals surface area contributed by atoms with E-state index in [1.54, 1.807) is 17.5 Å². The van der Waals surface area contributed by atoms with Gasteiger partial charge in [-0.05, 0) is 81.0 Å². The molecule has 2 atom stereocenters. The van der Waals surface area contributed by atoms with Gasteiger partial charge in [-0.25, -0.2) is 14.4 Å². The Morgan fingerprint density at radius 1 is 1.00 bits per heavy atom. The molecule has 2 aromatic heterocycles. The third-order valence-electron chi connectivity index (χ3n) is 9.20. The first-order valence-electron chi connectivity index (χ1n) is 17.3. The highest BCUT2D eigenvalue weighted by atomic mass is 32.1. The maximum atomic E-state index is 14.4. The van der Waals surface area contributed by atoms with Crippen LogP contribution in [0.25, 0.3) is 11.1 Å². The molecule has 1 saturated carbocycles. The lowest BCUT2D eigenvalue weighted by atomic mass is 9.91. The van der Waals surface area contributed by atoms with Crippen molar-refractivity contribution in [2.75, 3.05) is 13.1 Å². The van der Waals surface area contributed by atoms with Gasteiger partial charge in [-0.3, -0.25) is 14.5 Å². The number of halogens is 1. The number of hydrogen-bond acceptors (Lipinski definition) is 9. The highest BCUT2D eigenvalue weighted by molar-refractivity contribution is 7.09. The fourth-order valence-corrected chi connectivity index (χ4v) is 7.60. The third kappa shape index (κ3) is 8.85. The number of thiazole rings is 1. The lowest BCUT2D eigenvalue weighted by Gasteiger charge is -2.36. The quantitative estimate of drug-likeness (QED) is 0.145. The maximum absolute atomic E-state index is 14.4. The van der Waals surface area contributed by atoms with Crippen LogP contribution in [-0.2, 0) is 6.54 Å². The average molecular weight is 701 g/mol. The minimum absolute atomic E-state index is 0.000582. The van der Waals surface area contributed by atoms with Crippen molar-refractivity contribution in [3.63, 3.8) is 0 Å². The van der Waals surface area contributed by atoms with Crippen molar-refractivity contribution in [3.8, 4) is 28.5 Å². The summed E-state index contributed by atoms with van der Waals surface area (Å²) in [7, 11) is 0. The molecule has 1 aliphatic carbocycles. The molecule has 0 bridgehead atoms. The maximum Gasteiger partial charge on any atom is 0.270 e. The number of phenols is 1. The fourth-order valence-electron chi connectivity index (χ4n) is 6.79. The van der Waals surface area contributed by atoms with Gasteiger partial charge >= 0.3 is 0 Å². The van der Waals surface area contributed by atoms with E-state index in [-0.39, 0.29) is 41.1 Å². The Bertz CT molecular complexity index is 1810. The van der Waals surface area contributed by atoms with Gasteiger partial charge in [-0.2, -0.15) is 0 Å². The fraction of sp³-hybridized carbons (Fsp3) is 0.421. The molecule has 12 heteroatoms. The number of phenolic OH excluding ortho intramolecular Hbond substituents is 1. The summed E-state index contributed by atoms with van der Waals surface area (Å²) in [4.78, 5) is 37.1. The lowest BCUT2D eigenvalue weighted by molar-refractivity contribution is 0.0888. The summed E-state index contributed by atoms with van der Waals surface area (Å²) in [5.74, 6) is -0.339. The van der Waals surface area contributed by atoms with Crippen molar-refractivity contribution in [2.45, 2.75) is 90.0 Å². The molecule has 2 fully saturated rings. The van der Waals surface area contributed by atoms with Crippen molar-refractivity contribution in [1.82, 2.24) is 30.8 Å². The zero-order valence-electron chi connectivity index (χ0n) is 28.9. The van der Waals surface area contributed by atoms with Crippen molar-refractivity contribution in [1.29, 1.82) is 0 Å². The first kappa shape index (κ1) is 35.4. The van der Waals surface area contributed by atoms with E-state index in [2.05, 4.69) is 44.7 Å². The van der Waals surface area contributed by atoms with Crippen LogP contribution < -0.4 is 20.7 Å². The number of carbonyl (C=O) groups excluding carboxylic acids is 2. The Balaban J connectivity index is 1.08. The van der Waals surface area contributed by atoms with Crippen molar-refractivity contribution < 1.29 is 23.8 Å². The number of amides is 2. The number of rotatable bonds is 10. The number of piperazine rings is 1. The summed E-state index contributed by atoms with van der Waals surface area (Å²) in [5.41, 5.74) is 3.04. The monoisotopic (exact) mass is 700 g/mol. The van der Waals surface area contributed by atoms with Gasteiger partial charge < -0.3 is 25.8 Å². The second kappa shape index (κ2) is 15.7. The molecule has 2 aromatic carbocycles. The van der Waals surface area contributed by atoms with Crippen LogP contribution in [-0.4, -0.2) is 69.0 Å². The molecule has 2 aliphatic rings. The van der Waals surface area contributed by atoms with Gasteiger partial charge in [-0.1, -0.05) is 32.0 Å². The number of nitrogens with one attached hydrogen (secondary N) is 3. The molecule has 2 amide bonds. The smallest absolute Gasteiger partial charge is 0.270 e. The topological polar surface area (TPSA) is 129 Å². The summed E-state index contributed by atoms with van der Waals surface area (Å²) in [6.07, 6.45) is 3.74. The van der Waals surface area contributed by atoms with Crippen LogP contribution in [0, 0.1) is 5.82 Å². The Hall–Kier alpha value is -4.39. The zero-order chi connectivity index (χ0) is 35.4. The summed E-state index contributed by atoms with van der Waals surface area (Å²) in [6, 6.07) is 14.7. The number of ether oxygens (including phenoxy) is 1. The molecule has 50 heavy (non-hydrogen) atoms. The number of carbonyl (C=O) groups is 2. The number of benzene rings is 2. The first-order valence-corrected chi connectivity index (χ1v) is 18.2. The van der Waals surface area contributed by atoms with E-state index in [9.17, 15) is 19.1 Å². The molecule has 0 unspecified atom stereocenters. The van der Waals surface area contributed by atoms with E-state index in [0.717, 1.165) is 47.1 Å². The minimum atomic E-state index is -0.643. The van der Waals surface area contributed by atoms with Crippen LogP contribution in [0.4, 0.5) is 4.39 Å². The van der Waals surface area contributed by atoms with Gasteiger partial charge in [0.15, 0.2) is 0 Å². The Morgan fingerprint density at radius 3 is 2.36 bits per heavy atom. The van der Waals surface area contributed by atoms with Gasteiger partial charge in [0.05, 0.1) is 11.2 Å². The molecule has 3 heterocycles. The number of aromatic nitrogens is 2. The number of pyridine rings is 1. The van der Waals surface area contributed by atoms with Crippen LogP contribution in [0.3, 0.4) is 0 Å². The SMILES string of the molecule is CC(C)c1nc(C(=O)N[C@H]2CC[C@@H](NC(=O)c3cc(F)cnc3Oc3cccc(-c4ccc(O)c(CN5C[C@@H](C)N[C@@H](C)C5)c4)c3)CC2)cs1. The number of hydrogen-bond donors (Lipinski definition) is 4. The van der Waals surface area contributed by atoms with Gasteiger partial charge in [0.2, 0.25) is 5.88 Å². The van der Waals surface area contributed by atoms with E-state index < -0.39 is 11.7 Å². The molecule has 264 valence electrons. The number of nitrogens with zero attached hydrogens (tertiary/aromatic N) is 3. The summed E-state index contributed by atoms with van der Waals surface area (Å²) >= 11 is 1.49. The molecule has 0 spiro atoms. The van der Waals surface area contributed by atoms with Crippen LogP contribution in [0.15, 0.2) is 60.1 Å². The van der Waals surface area contributed by atoms with Gasteiger partial charge in [0, 0.05) is 60.7 Å². The summed E-state index contributed by atoms with van der Waals surface area (Å²) < 4.78 is 20.5. The second-order valence-electron chi connectivity index (χ2n) is 13.9. The zero-order valence-corrected chi connectivity index (χ0v) is 29.7. The lowest BCUT2D eigenvalue weighted by Crippen LogP contribution is -2.53. The van der Waals surface area contributed by atoms with E-state index in [1.807, 2.05) is 44.2 Å². The van der Waals surface area contributed by atoms with Gasteiger partial charge in [-0.15, -0.1) is 11.3 Å². The summed E-state index contributed by atoms with van der Waals surface area (Å²) in [5, 5.41) is 23.0. The first-order chi connectivity index (χ1) is 24.0. The van der Waals surface area contributed by atoms with Gasteiger partial charge in [0.1, 0.15) is 28.6 Å². The Kier molecular flexibility index (Phi) is 11.1. The van der Waals surface area contributed by atoms with Crippen LogP contribution in [0.2, 0.25) is 0 Å². The molecular formula is C38H45FN6O4S. The predicted molar refractivity (Wildman–Crippen MR) is 192 cm³/mol. The molecule has 4 N–H and O–H groups in total. The third-order valence-corrected chi connectivity index (χ3v) is 10.3. The molecule has 1 aliphatic heterocycles. The van der Waals surface area contributed by atoms with Crippen LogP contribution >= 0.6 is 11.3 Å². The molecule has 0 radical (unpaired) electrons. The van der Waals surface area contributed by atoms with E-state index >= 15 is 0 Å². The predicted octanol–water partition coefficient (Wildman–Crippen LogP) is 6.62. The second-order valence-corrected chi connectivity index (χ2v) is 14.8. The van der Waals surface area contributed by atoms with Crippen molar-refractivity contribution >= 4 is 23.2 Å². The van der Waals surface area contributed by atoms with Crippen LogP contribution in [0.1, 0.15) is 90.7 Å². The summed E-state index contributed by atoms with van der Waals surface area (Å²) in [6.45, 7) is 10.8. The van der Waals surface area contributed by atoms with Crippen LogP contribution in [0.5, 0.6) is 17.4 Å². The highest BCUT2D eigenvalue weighted by Crippen LogP contribution is 2.32. The minimum Gasteiger partial charge on any atom is -0.508 e. The van der Waals surface area contributed by atoms with Crippen molar-refractivity contribution in [3.05, 3.63) is 87.8 Å². The highest BCUT2D eigenvalue weighted by Gasteiger charge is 2.27. The normalized spacial score (nSPS) is 21.2. The molecule has 4 aromatic rings. The van der Waals surface area contributed by atoms with E-state index in [1.165, 1.54) is 11.3 Å². The van der Waals surface area contributed by atoms with E-state index in [0.29, 0.717) is 55.8 Å². The molecule has 6 rings (SSSR count). The standard InChI is InChI=1S/C38H45FN6O4S/c1-22(2)38-44-33(21-50-38)36(48)43-30-11-9-29(10-12-30)42-35(47)32-16-28(39)17-40-37(32)49-31-7-5-6-25(15-31)26-8-13-34(46)27(14-26)20-45-18-23(3)41-24(4)19-45/h5-8,13-17,21-24,29-30,41,46H,9-12,18-20H2,1-4H3,(H,42,47)(H,43,48)/t23-,24+,29-,30+.